The van der Waals surface area contributed by atoms with E-state index in [9.17, 15) is 7.77 Å². The van der Waals surface area contributed by atoms with E-state index in [1.54, 1.807) is 30.3 Å². The highest BCUT2D eigenvalue weighted by Gasteiger charge is 1.97. The minimum absolute atomic E-state index is 0.499. The molecule has 0 spiro atoms. The third-order valence-corrected chi connectivity index (χ3v) is 1.64. The van der Waals surface area contributed by atoms with Crippen LogP contribution in [0.25, 0.3) is 0 Å². The number of benzene rings is 1. The lowest BCUT2D eigenvalue weighted by atomic mass is 10.3. The Hall–Kier alpha value is -0.940. The first-order chi connectivity index (χ1) is 5.70. The lowest BCUT2D eigenvalue weighted by molar-refractivity contribution is 0.807. The Morgan fingerprint density at radius 2 is 1.83 bits per heavy atom. The summed E-state index contributed by atoms with van der Waals surface area (Å²) in [5.41, 5.74) is 5.59. The van der Waals surface area contributed by atoms with Gasteiger partial charge in [0.1, 0.15) is 0 Å². The highest BCUT2D eigenvalue weighted by Crippen LogP contribution is 2.16. The van der Waals surface area contributed by atoms with E-state index in [1.807, 2.05) is 0 Å². The van der Waals surface area contributed by atoms with E-state index in [0.29, 0.717) is 5.69 Å². The van der Waals surface area contributed by atoms with Gasteiger partial charge in [0.25, 0.3) is 0 Å². The second kappa shape index (κ2) is 4.18. The highest BCUT2D eigenvalue weighted by molar-refractivity contribution is 8.07. The summed E-state index contributed by atoms with van der Waals surface area (Å²) in [6.45, 7) is 0. The number of nitrogens with one attached hydrogen (secondary N) is 1. The Kier molecular flexibility index (Phi) is 3.19. The average molecular weight is 190 g/mol. The fraction of sp³-hybridized carbons (Fsp3) is 0. The first kappa shape index (κ1) is 9.15. The normalized spacial score (nSPS) is 10.0. The van der Waals surface area contributed by atoms with Gasteiger partial charge in [0.15, 0.2) is 5.11 Å². The van der Waals surface area contributed by atoms with E-state index in [0.717, 1.165) is 0 Å². The van der Waals surface area contributed by atoms with Crippen LogP contribution in [0, 0.1) is 0 Å². The molecule has 0 unspecified atom stereocenters. The molecule has 0 amide bonds. The molecule has 0 saturated heterocycles. The summed E-state index contributed by atoms with van der Waals surface area (Å²) in [6, 6.07) is 8.61. The number of hydrogen-bond donors (Lipinski definition) is 2. The average Bonchev–Trinajstić information content (AvgIpc) is 2.06. The predicted molar refractivity (Wildman–Crippen MR) is 49.1 cm³/mol. The molecule has 0 fully saturated rings. The van der Waals surface area contributed by atoms with Crippen LogP contribution in [0.5, 0.6) is 0 Å². The molecule has 0 aliphatic carbocycles. The van der Waals surface area contributed by atoms with Crippen LogP contribution in [0.3, 0.4) is 0 Å². The van der Waals surface area contributed by atoms with Gasteiger partial charge in [-0.15, -0.1) is 7.77 Å². The zero-order valence-electron chi connectivity index (χ0n) is 6.13. The molecule has 5 heteroatoms. The van der Waals surface area contributed by atoms with E-state index >= 15 is 0 Å². The largest absolute Gasteiger partial charge is 0.338 e. The quantitative estimate of drug-likeness (QED) is 0.666. The number of para-hydroxylation sites is 1. The highest BCUT2D eigenvalue weighted by atomic mass is 32.2. The van der Waals surface area contributed by atoms with Crippen LogP contribution in [-0.2, 0) is 0 Å². The monoisotopic (exact) mass is 190 g/mol. The summed E-state index contributed by atoms with van der Waals surface area (Å²) >= 11 is -2.88. The molecular formula is C7H8F2N2S. The summed E-state index contributed by atoms with van der Waals surface area (Å²) in [5, 5.41) is 1.90. The molecule has 0 radical (unpaired) electrons. The summed E-state index contributed by atoms with van der Waals surface area (Å²) in [5.74, 6) is 0. The zero-order chi connectivity index (χ0) is 8.97. The lowest BCUT2D eigenvalue weighted by Crippen LogP contribution is -2.20. The molecule has 2 nitrogen and oxygen atoms in total. The van der Waals surface area contributed by atoms with Gasteiger partial charge < -0.3 is 5.32 Å². The second-order valence-electron chi connectivity index (χ2n) is 2.07. The first-order valence-corrected chi connectivity index (χ1v) is 4.24. The van der Waals surface area contributed by atoms with Gasteiger partial charge in [-0.2, -0.15) is 0 Å². The van der Waals surface area contributed by atoms with Gasteiger partial charge in [0.2, 0.25) is 11.3 Å². The maximum absolute atomic E-state index is 11.9. The molecule has 66 valence electrons. The number of halogens is 2. The van der Waals surface area contributed by atoms with Crippen LogP contribution in [0.1, 0.15) is 0 Å². The molecule has 1 aromatic rings. The Balaban J connectivity index is 2.72. The van der Waals surface area contributed by atoms with Crippen LogP contribution in [-0.4, -0.2) is 5.11 Å². The third kappa shape index (κ3) is 2.60. The van der Waals surface area contributed by atoms with Crippen molar-refractivity contribution < 1.29 is 7.77 Å². The maximum atomic E-state index is 11.9. The zero-order valence-corrected chi connectivity index (χ0v) is 6.94. The van der Waals surface area contributed by atoms with Gasteiger partial charge in [0, 0.05) is 5.69 Å². The van der Waals surface area contributed by atoms with Crippen LogP contribution >= 0.6 is 11.3 Å². The van der Waals surface area contributed by atoms with Crippen molar-refractivity contribution >= 4 is 22.1 Å². The van der Waals surface area contributed by atoms with Gasteiger partial charge in [-0.3, -0.25) is 5.73 Å². The molecule has 0 aromatic heterocycles. The molecular weight excluding hydrogens is 182 g/mol. The maximum Gasteiger partial charge on any atom is 0.203 e. The molecule has 0 atom stereocenters. The summed E-state index contributed by atoms with van der Waals surface area (Å²) in [7, 11) is 0. The smallest absolute Gasteiger partial charge is 0.203 e. The molecule has 0 saturated carbocycles. The molecule has 1 aromatic carbocycles. The molecule has 12 heavy (non-hydrogen) atoms. The Labute approximate surface area is 71.9 Å². The van der Waals surface area contributed by atoms with Crippen molar-refractivity contribution in [2.45, 2.75) is 0 Å². The summed E-state index contributed by atoms with van der Waals surface area (Å²) in [4.78, 5) is 0. The van der Waals surface area contributed by atoms with E-state index < -0.39 is 16.4 Å². The number of nitrogens with two attached hydrogens (primary N) is 1. The van der Waals surface area contributed by atoms with Crippen molar-refractivity contribution in [2.75, 3.05) is 5.32 Å². The van der Waals surface area contributed by atoms with E-state index in [2.05, 4.69) is 5.32 Å². The van der Waals surface area contributed by atoms with Gasteiger partial charge in [-0.05, 0) is 12.1 Å². The van der Waals surface area contributed by atoms with Crippen LogP contribution < -0.4 is 11.1 Å². The second-order valence-corrected chi connectivity index (χ2v) is 2.93. The van der Waals surface area contributed by atoms with E-state index in [1.165, 1.54) is 0 Å². The third-order valence-electron chi connectivity index (χ3n) is 1.21. The summed E-state index contributed by atoms with van der Waals surface area (Å²) < 4.78 is 23.8. The molecule has 0 aliphatic heterocycles. The standard InChI is InChI=1S/C7H8F2N2S/c8-12(9)7(10)11-6-4-2-1-3-5-6/h1-5,11H,10H2. The molecule has 3 N–H and O–H groups in total. The van der Waals surface area contributed by atoms with Gasteiger partial charge in [0.05, 0.1) is 0 Å². The Morgan fingerprint density at radius 1 is 1.25 bits per heavy atom. The number of hydrogen-bond acceptors (Lipinski definition) is 0. The van der Waals surface area contributed by atoms with Gasteiger partial charge in [-0.1, -0.05) is 18.2 Å². The molecule has 0 aliphatic rings. The predicted octanol–water partition coefficient (Wildman–Crippen LogP) is 2.18. The van der Waals surface area contributed by atoms with Crippen LogP contribution in [0.4, 0.5) is 13.5 Å². The van der Waals surface area contributed by atoms with Crippen molar-refractivity contribution in [1.82, 2.24) is 0 Å². The fourth-order valence-electron chi connectivity index (χ4n) is 0.702. The van der Waals surface area contributed by atoms with Crippen molar-refractivity contribution in [3.63, 3.8) is 0 Å². The lowest BCUT2D eigenvalue weighted by Gasteiger charge is -2.03. The molecule has 1 rings (SSSR count). The Morgan fingerprint density at radius 3 is 2.33 bits per heavy atom. The van der Waals surface area contributed by atoms with E-state index in [-0.39, 0.29) is 0 Å². The SMILES string of the molecule is NC(Nc1ccccc1)=S(F)F. The van der Waals surface area contributed by atoms with Gasteiger partial charge in [-0.25, -0.2) is 0 Å². The fourth-order valence-corrected chi connectivity index (χ4v) is 0.897. The van der Waals surface area contributed by atoms with Crippen molar-refractivity contribution in [2.24, 2.45) is 5.73 Å². The van der Waals surface area contributed by atoms with Crippen LogP contribution in [0.2, 0.25) is 0 Å². The summed E-state index contributed by atoms with van der Waals surface area (Å²) in [6.07, 6.45) is 0. The van der Waals surface area contributed by atoms with E-state index in [4.69, 9.17) is 5.73 Å². The molecule has 0 heterocycles. The van der Waals surface area contributed by atoms with Gasteiger partial charge >= 0.3 is 0 Å². The molecule has 0 bridgehead atoms. The van der Waals surface area contributed by atoms with Crippen molar-refractivity contribution in [3.05, 3.63) is 30.3 Å². The number of anilines is 1. The van der Waals surface area contributed by atoms with Crippen molar-refractivity contribution in [3.8, 4) is 0 Å². The number of rotatable bonds is 1. The van der Waals surface area contributed by atoms with Crippen LogP contribution in [0.15, 0.2) is 30.3 Å². The topological polar surface area (TPSA) is 38.0 Å². The first-order valence-electron chi connectivity index (χ1n) is 3.21. The minimum Gasteiger partial charge on any atom is -0.338 e. The Bertz CT molecular complexity index is 283. The minimum atomic E-state index is -2.88. The van der Waals surface area contributed by atoms with Crippen molar-refractivity contribution in [1.29, 1.82) is 0 Å².